The van der Waals surface area contributed by atoms with E-state index in [1.165, 1.54) is 12.1 Å². The van der Waals surface area contributed by atoms with Crippen LogP contribution in [0, 0.1) is 18.3 Å². The predicted octanol–water partition coefficient (Wildman–Crippen LogP) is 4.54. The van der Waals surface area contributed by atoms with E-state index in [1.54, 1.807) is 60.7 Å². The second-order valence-electron chi connectivity index (χ2n) is 7.26. The molecule has 0 aliphatic rings. The molecule has 3 aromatic carbocycles. The van der Waals surface area contributed by atoms with Crippen molar-refractivity contribution in [3.8, 4) is 6.07 Å². The molecule has 0 aliphatic carbocycles. The van der Waals surface area contributed by atoms with Crippen molar-refractivity contribution >= 4 is 33.2 Å². The quantitative estimate of drug-likeness (QED) is 0.526. The fourth-order valence-corrected chi connectivity index (χ4v) is 4.63. The van der Waals surface area contributed by atoms with E-state index < -0.39 is 15.9 Å². The van der Waals surface area contributed by atoms with Crippen LogP contribution in [0.5, 0.6) is 0 Å². The molecule has 6 nitrogen and oxygen atoms in total. The van der Waals surface area contributed by atoms with Gasteiger partial charge in [0.2, 0.25) is 15.9 Å². The van der Waals surface area contributed by atoms with Crippen molar-refractivity contribution in [3.05, 3.63) is 94.5 Å². The molecule has 0 spiro atoms. The van der Waals surface area contributed by atoms with Crippen LogP contribution < -0.4 is 5.32 Å². The largest absolute Gasteiger partial charge is 0.325 e. The van der Waals surface area contributed by atoms with Gasteiger partial charge in [-0.25, -0.2) is 8.42 Å². The number of nitriles is 1. The molecule has 0 saturated heterocycles. The zero-order valence-electron chi connectivity index (χ0n) is 17.5. The Morgan fingerprint density at radius 1 is 1.03 bits per heavy atom. The van der Waals surface area contributed by atoms with E-state index >= 15 is 0 Å². The molecule has 0 fully saturated rings. The number of anilines is 1. The van der Waals surface area contributed by atoms with Gasteiger partial charge >= 0.3 is 0 Å². The summed E-state index contributed by atoms with van der Waals surface area (Å²) in [6.45, 7) is 1.43. The van der Waals surface area contributed by atoms with E-state index in [-0.39, 0.29) is 24.4 Å². The molecule has 0 atom stereocenters. The molecular weight excluding hydrogens is 446 g/mol. The van der Waals surface area contributed by atoms with Gasteiger partial charge in [0.1, 0.15) is 0 Å². The summed E-state index contributed by atoms with van der Waals surface area (Å²) in [4.78, 5) is 12.8. The molecule has 0 aliphatic heterocycles. The van der Waals surface area contributed by atoms with Crippen molar-refractivity contribution in [3.63, 3.8) is 0 Å². The zero-order valence-corrected chi connectivity index (χ0v) is 19.0. The molecule has 3 rings (SSSR count). The first kappa shape index (κ1) is 23.5. The lowest BCUT2D eigenvalue weighted by Gasteiger charge is -2.22. The van der Waals surface area contributed by atoms with Crippen LogP contribution in [0.3, 0.4) is 0 Å². The molecule has 0 unspecified atom stereocenters. The van der Waals surface area contributed by atoms with Crippen molar-refractivity contribution in [2.75, 3.05) is 11.9 Å². The summed E-state index contributed by atoms with van der Waals surface area (Å²) >= 11 is 6.25. The molecule has 8 heteroatoms. The van der Waals surface area contributed by atoms with Gasteiger partial charge in [-0.1, -0.05) is 59.6 Å². The number of amides is 1. The van der Waals surface area contributed by atoms with Crippen LogP contribution in [0.4, 0.5) is 5.69 Å². The minimum Gasteiger partial charge on any atom is -0.325 e. The van der Waals surface area contributed by atoms with Crippen LogP contribution >= 0.6 is 11.6 Å². The highest BCUT2D eigenvalue weighted by atomic mass is 35.5. The predicted molar refractivity (Wildman–Crippen MR) is 125 cm³/mol. The number of carbonyl (C=O) groups is 1. The van der Waals surface area contributed by atoms with Crippen molar-refractivity contribution in [2.24, 2.45) is 0 Å². The first-order valence-electron chi connectivity index (χ1n) is 9.85. The third kappa shape index (κ3) is 5.95. The smallest absolute Gasteiger partial charge is 0.243 e. The number of nitrogens with one attached hydrogen (secondary N) is 1. The van der Waals surface area contributed by atoms with Crippen LogP contribution in [0.1, 0.15) is 16.7 Å². The van der Waals surface area contributed by atoms with Crippen molar-refractivity contribution < 1.29 is 13.2 Å². The van der Waals surface area contributed by atoms with E-state index in [4.69, 9.17) is 16.9 Å². The van der Waals surface area contributed by atoms with Gasteiger partial charge in [0.05, 0.1) is 23.9 Å². The molecule has 0 radical (unpaired) electrons. The number of sulfonamides is 1. The number of carbonyl (C=O) groups excluding carboxylic acids is 1. The molecule has 3 aromatic rings. The van der Waals surface area contributed by atoms with Gasteiger partial charge in [0.15, 0.2) is 0 Å². The highest BCUT2D eigenvalue weighted by Gasteiger charge is 2.27. The topological polar surface area (TPSA) is 90.3 Å². The van der Waals surface area contributed by atoms with Gasteiger partial charge in [-0.15, -0.1) is 0 Å². The van der Waals surface area contributed by atoms with Gasteiger partial charge in [-0.3, -0.25) is 4.79 Å². The van der Waals surface area contributed by atoms with E-state index in [2.05, 4.69) is 11.4 Å². The monoisotopic (exact) mass is 467 g/mol. The maximum Gasteiger partial charge on any atom is 0.243 e. The average Bonchev–Trinajstić information content (AvgIpc) is 2.76. The normalized spacial score (nSPS) is 11.2. The van der Waals surface area contributed by atoms with Crippen molar-refractivity contribution in [1.82, 2.24) is 4.31 Å². The van der Waals surface area contributed by atoms with Gasteiger partial charge in [-0.2, -0.15) is 9.57 Å². The minimum atomic E-state index is -3.96. The molecule has 0 heterocycles. The fourth-order valence-electron chi connectivity index (χ4n) is 3.06. The third-order valence-corrected chi connectivity index (χ3v) is 6.98. The summed E-state index contributed by atoms with van der Waals surface area (Å²) in [6, 6.07) is 22.3. The van der Waals surface area contributed by atoms with Crippen LogP contribution in [0.25, 0.3) is 0 Å². The molecule has 0 aromatic heterocycles. The highest BCUT2D eigenvalue weighted by molar-refractivity contribution is 7.89. The highest BCUT2D eigenvalue weighted by Crippen LogP contribution is 2.23. The Kier molecular flexibility index (Phi) is 7.65. The Bertz CT molecular complexity index is 1230. The Morgan fingerprint density at radius 3 is 2.31 bits per heavy atom. The summed E-state index contributed by atoms with van der Waals surface area (Å²) in [6.07, 6.45) is 0.272. The number of hydrogen-bond acceptors (Lipinski definition) is 4. The first-order valence-corrected chi connectivity index (χ1v) is 11.7. The maximum atomic E-state index is 13.3. The maximum absolute atomic E-state index is 13.3. The number of nitrogens with zero attached hydrogens (tertiary/aromatic N) is 2. The Hall–Kier alpha value is -3.18. The summed E-state index contributed by atoms with van der Waals surface area (Å²) in [5.41, 5.74) is 2.87. The Labute approximate surface area is 193 Å². The van der Waals surface area contributed by atoms with Crippen LogP contribution in [0.15, 0.2) is 77.7 Å². The van der Waals surface area contributed by atoms with Crippen molar-refractivity contribution in [2.45, 2.75) is 24.8 Å². The average molecular weight is 468 g/mol. The number of rotatable bonds is 8. The number of halogens is 1. The lowest BCUT2D eigenvalue weighted by molar-refractivity contribution is -0.116. The second kappa shape index (κ2) is 10.4. The number of hydrogen-bond donors (Lipinski definition) is 1. The summed E-state index contributed by atoms with van der Waals surface area (Å²) < 4.78 is 27.8. The molecule has 32 heavy (non-hydrogen) atoms. The Balaban J connectivity index is 1.84. The summed E-state index contributed by atoms with van der Waals surface area (Å²) in [7, 11) is -3.96. The first-order chi connectivity index (χ1) is 15.3. The van der Waals surface area contributed by atoms with Crippen LogP contribution in [0.2, 0.25) is 5.02 Å². The Morgan fingerprint density at radius 2 is 1.69 bits per heavy atom. The summed E-state index contributed by atoms with van der Waals surface area (Å²) in [5.74, 6) is -0.485. The lowest BCUT2D eigenvalue weighted by Crippen LogP contribution is -2.37. The number of aryl methyl sites for hydroxylation is 1. The third-order valence-electron chi connectivity index (χ3n) is 4.80. The standard InChI is InChI=1S/C24H22ClN3O3S/c1-18-6-12-22(13-7-18)32(30,31)28(16-20-4-2-3-5-23(20)25)17-24(29)27-21-10-8-19(9-11-21)14-15-26/h2-13H,14,16-17H2,1H3,(H,27,29). The molecule has 0 saturated carbocycles. The second-order valence-corrected chi connectivity index (χ2v) is 9.60. The lowest BCUT2D eigenvalue weighted by atomic mass is 10.1. The minimum absolute atomic E-state index is 0.0512. The zero-order chi connectivity index (χ0) is 23.1. The van der Waals surface area contributed by atoms with Crippen LogP contribution in [-0.2, 0) is 27.8 Å². The van der Waals surface area contributed by atoms with Gasteiger partial charge in [-0.05, 0) is 48.4 Å². The fraction of sp³-hybridized carbons (Fsp3) is 0.167. The van der Waals surface area contributed by atoms with Crippen molar-refractivity contribution in [1.29, 1.82) is 5.26 Å². The van der Waals surface area contributed by atoms with E-state index in [0.29, 0.717) is 16.3 Å². The molecule has 0 bridgehead atoms. The van der Waals surface area contributed by atoms with Gasteiger partial charge < -0.3 is 5.32 Å². The van der Waals surface area contributed by atoms with E-state index in [0.717, 1.165) is 15.4 Å². The van der Waals surface area contributed by atoms with Gasteiger partial charge in [0, 0.05) is 17.3 Å². The molecule has 1 amide bonds. The molecule has 1 N–H and O–H groups in total. The summed E-state index contributed by atoms with van der Waals surface area (Å²) in [5, 5.41) is 11.9. The van der Waals surface area contributed by atoms with Crippen LogP contribution in [-0.4, -0.2) is 25.2 Å². The SMILES string of the molecule is Cc1ccc(S(=O)(=O)N(CC(=O)Nc2ccc(CC#N)cc2)Cc2ccccc2Cl)cc1. The van der Waals surface area contributed by atoms with Gasteiger partial charge in [0.25, 0.3) is 0 Å². The molecular formula is C24H22ClN3O3S. The van der Waals surface area contributed by atoms with E-state index in [1.807, 2.05) is 6.92 Å². The molecule has 164 valence electrons. The van der Waals surface area contributed by atoms with E-state index in [9.17, 15) is 13.2 Å². The number of benzene rings is 3.